The molecule has 2 unspecified atom stereocenters. The Kier molecular flexibility index (Phi) is 7.00. The lowest BCUT2D eigenvalue weighted by Gasteiger charge is -2.16. The van der Waals surface area contributed by atoms with Gasteiger partial charge in [-0.2, -0.15) is 0 Å². The molecule has 0 radical (unpaired) electrons. The Morgan fingerprint density at radius 1 is 1.43 bits per heavy atom. The highest BCUT2D eigenvalue weighted by atomic mass is 16.5. The number of carbonyl (C=O) groups excluding carboxylic acids is 1. The van der Waals surface area contributed by atoms with Crippen LogP contribution in [0.2, 0.25) is 0 Å². The Balaban J connectivity index is 3.79. The molecule has 0 spiro atoms. The number of rotatable bonds is 7. The molecule has 0 amide bonds. The van der Waals surface area contributed by atoms with Crippen LogP contribution < -0.4 is 11.5 Å². The van der Waals surface area contributed by atoms with E-state index in [9.17, 15) is 4.79 Å². The van der Waals surface area contributed by atoms with Crippen molar-refractivity contribution in [1.29, 1.82) is 0 Å². The second kappa shape index (κ2) is 7.49. The van der Waals surface area contributed by atoms with Gasteiger partial charge in [-0.25, -0.2) is 4.79 Å². The number of nitrogens with two attached hydrogens (primary N) is 2. The van der Waals surface area contributed by atoms with Crippen molar-refractivity contribution in [2.24, 2.45) is 11.5 Å². The van der Waals surface area contributed by atoms with Gasteiger partial charge in [0.1, 0.15) is 6.10 Å². The van der Waals surface area contributed by atoms with Gasteiger partial charge in [-0.05, 0) is 12.8 Å². The first-order valence-electron chi connectivity index (χ1n) is 4.55. The lowest BCUT2D eigenvalue weighted by molar-refractivity contribution is -0.143. The molecular formula is C9H18N2O3. The Bertz CT molecular complexity index is 185. The zero-order valence-corrected chi connectivity index (χ0v) is 8.19. The van der Waals surface area contributed by atoms with Gasteiger partial charge in [0.25, 0.3) is 0 Å². The van der Waals surface area contributed by atoms with Gasteiger partial charge in [-0.1, -0.05) is 6.58 Å². The van der Waals surface area contributed by atoms with E-state index in [0.717, 1.165) is 6.08 Å². The van der Waals surface area contributed by atoms with Crippen molar-refractivity contribution in [2.75, 3.05) is 13.1 Å². The van der Waals surface area contributed by atoms with Crippen molar-refractivity contribution in [3.8, 4) is 0 Å². The van der Waals surface area contributed by atoms with Crippen LogP contribution in [0.15, 0.2) is 12.7 Å². The van der Waals surface area contributed by atoms with Crippen molar-refractivity contribution in [2.45, 2.75) is 25.0 Å². The molecule has 5 nitrogen and oxygen atoms in total. The quantitative estimate of drug-likeness (QED) is 0.368. The third kappa shape index (κ3) is 5.69. The van der Waals surface area contributed by atoms with E-state index in [1.807, 2.05) is 0 Å². The number of aliphatic hydroxyl groups is 1. The van der Waals surface area contributed by atoms with E-state index in [0.29, 0.717) is 12.8 Å². The highest BCUT2D eigenvalue weighted by Gasteiger charge is 2.12. The molecule has 0 saturated carbocycles. The van der Waals surface area contributed by atoms with Crippen LogP contribution in [-0.4, -0.2) is 36.4 Å². The van der Waals surface area contributed by atoms with Crippen molar-refractivity contribution in [1.82, 2.24) is 0 Å². The monoisotopic (exact) mass is 202 g/mol. The molecule has 82 valence electrons. The summed E-state index contributed by atoms with van der Waals surface area (Å²) in [4.78, 5) is 10.8. The van der Waals surface area contributed by atoms with Crippen LogP contribution in [0.3, 0.4) is 0 Å². The molecule has 0 aliphatic rings. The van der Waals surface area contributed by atoms with E-state index in [-0.39, 0.29) is 19.2 Å². The summed E-state index contributed by atoms with van der Waals surface area (Å²) >= 11 is 0. The number of hydrogen-bond acceptors (Lipinski definition) is 5. The van der Waals surface area contributed by atoms with E-state index in [1.165, 1.54) is 0 Å². The highest BCUT2D eigenvalue weighted by molar-refractivity contribution is 5.81. The molecule has 0 aromatic carbocycles. The van der Waals surface area contributed by atoms with Gasteiger partial charge in [0, 0.05) is 19.2 Å². The Labute approximate surface area is 83.7 Å². The number of hydrogen-bond donors (Lipinski definition) is 3. The molecule has 0 aliphatic heterocycles. The maximum atomic E-state index is 10.8. The molecule has 5 heteroatoms. The second-order valence-electron chi connectivity index (χ2n) is 2.97. The molecule has 0 bridgehead atoms. The van der Waals surface area contributed by atoms with Crippen molar-refractivity contribution in [3.63, 3.8) is 0 Å². The second-order valence-corrected chi connectivity index (χ2v) is 2.97. The summed E-state index contributed by atoms with van der Waals surface area (Å²) < 4.78 is 4.91. The van der Waals surface area contributed by atoms with Crippen LogP contribution >= 0.6 is 0 Å². The summed E-state index contributed by atoms with van der Waals surface area (Å²) in [5.74, 6) is -0.498. The van der Waals surface area contributed by atoms with Crippen LogP contribution in [0.5, 0.6) is 0 Å². The summed E-state index contributed by atoms with van der Waals surface area (Å²) in [6.45, 7) is 3.71. The fraction of sp³-hybridized carbons (Fsp3) is 0.667. The lowest BCUT2D eigenvalue weighted by Crippen LogP contribution is -2.29. The lowest BCUT2D eigenvalue weighted by atomic mass is 10.1. The molecular weight excluding hydrogens is 184 g/mol. The standard InChI is InChI=1S/C9H18N2O3/c1-2-9(13)14-8(6-11)4-3-7(12)5-10/h2,7-8,12H,1,3-6,10-11H2. The van der Waals surface area contributed by atoms with Gasteiger partial charge >= 0.3 is 5.97 Å². The average molecular weight is 202 g/mol. The van der Waals surface area contributed by atoms with Crippen LogP contribution in [0.1, 0.15) is 12.8 Å². The molecule has 0 heterocycles. The Morgan fingerprint density at radius 2 is 2.07 bits per heavy atom. The zero-order chi connectivity index (χ0) is 11.0. The molecule has 0 rings (SSSR count). The van der Waals surface area contributed by atoms with Gasteiger partial charge < -0.3 is 21.3 Å². The first-order chi connectivity index (χ1) is 6.63. The van der Waals surface area contributed by atoms with Gasteiger partial charge in [0.2, 0.25) is 0 Å². The molecule has 0 fully saturated rings. The predicted molar refractivity (Wildman–Crippen MR) is 53.4 cm³/mol. The van der Waals surface area contributed by atoms with Crippen LogP contribution in [0.4, 0.5) is 0 Å². The first-order valence-corrected chi connectivity index (χ1v) is 4.55. The first kappa shape index (κ1) is 13.1. The SMILES string of the molecule is C=CC(=O)OC(CN)CCC(O)CN. The predicted octanol–water partition coefficient (Wildman–Crippen LogP) is -0.857. The third-order valence-electron chi connectivity index (χ3n) is 1.81. The van der Waals surface area contributed by atoms with Gasteiger partial charge in [0.05, 0.1) is 6.10 Å². The Hall–Kier alpha value is -0.910. The summed E-state index contributed by atoms with van der Waals surface area (Å²) in [6.07, 6.45) is 1.13. The van der Waals surface area contributed by atoms with Crippen LogP contribution in [0.25, 0.3) is 0 Å². The summed E-state index contributed by atoms with van der Waals surface area (Å²) in [7, 11) is 0. The summed E-state index contributed by atoms with van der Waals surface area (Å²) in [5.41, 5.74) is 10.6. The third-order valence-corrected chi connectivity index (χ3v) is 1.81. The molecule has 14 heavy (non-hydrogen) atoms. The summed E-state index contributed by atoms with van der Waals surface area (Å²) in [6, 6.07) is 0. The molecule has 0 aliphatic carbocycles. The van der Waals surface area contributed by atoms with E-state index in [2.05, 4.69) is 6.58 Å². The Morgan fingerprint density at radius 3 is 2.50 bits per heavy atom. The van der Waals surface area contributed by atoms with Gasteiger partial charge in [-0.15, -0.1) is 0 Å². The average Bonchev–Trinajstić information content (AvgIpc) is 2.22. The largest absolute Gasteiger partial charge is 0.458 e. The van der Waals surface area contributed by atoms with Gasteiger partial charge in [0.15, 0.2) is 0 Å². The normalized spacial score (nSPS) is 14.5. The zero-order valence-electron chi connectivity index (χ0n) is 8.19. The van der Waals surface area contributed by atoms with Crippen molar-refractivity contribution < 1.29 is 14.6 Å². The fourth-order valence-corrected chi connectivity index (χ4v) is 0.933. The minimum Gasteiger partial charge on any atom is -0.458 e. The van der Waals surface area contributed by atoms with Crippen molar-refractivity contribution in [3.05, 3.63) is 12.7 Å². The van der Waals surface area contributed by atoms with Crippen LogP contribution in [-0.2, 0) is 9.53 Å². The number of aliphatic hydroxyl groups excluding tert-OH is 1. The number of ether oxygens (including phenoxy) is 1. The molecule has 2 atom stereocenters. The van der Waals surface area contributed by atoms with Crippen molar-refractivity contribution >= 4 is 5.97 Å². The van der Waals surface area contributed by atoms with Crippen LogP contribution in [0, 0.1) is 0 Å². The fourth-order valence-electron chi connectivity index (χ4n) is 0.933. The highest BCUT2D eigenvalue weighted by Crippen LogP contribution is 2.04. The van der Waals surface area contributed by atoms with E-state index in [1.54, 1.807) is 0 Å². The molecule has 0 aromatic rings. The maximum Gasteiger partial charge on any atom is 0.330 e. The van der Waals surface area contributed by atoms with E-state index < -0.39 is 12.1 Å². The van der Waals surface area contributed by atoms with E-state index >= 15 is 0 Å². The summed E-state index contributed by atoms with van der Waals surface area (Å²) in [5, 5.41) is 9.17. The van der Waals surface area contributed by atoms with E-state index in [4.69, 9.17) is 21.3 Å². The van der Waals surface area contributed by atoms with Gasteiger partial charge in [-0.3, -0.25) is 0 Å². The maximum absolute atomic E-state index is 10.8. The molecule has 0 aromatic heterocycles. The smallest absolute Gasteiger partial charge is 0.330 e. The minimum atomic E-state index is -0.563. The minimum absolute atomic E-state index is 0.201. The number of esters is 1. The number of carbonyl (C=O) groups is 1. The molecule has 0 saturated heterocycles. The topological polar surface area (TPSA) is 98.6 Å². The molecule has 5 N–H and O–H groups in total.